The molecule has 1 aliphatic carbocycles. The number of benzene rings is 1. The van der Waals surface area contributed by atoms with Crippen molar-refractivity contribution in [2.75, 3.05) is 6.61 Å². The Hall–Kier alpha value is -1.55. The highest BCUT2D eigenvalue weighted by Gasteiger charge is 2.40. The van der Waals surface area contributed by atoms with E-state index in [0.29, 0.717) is 0 Å². The topological polar surface area (TPSA) is 20.2 Å². The highest BCUT2D eigenvalue weighted by molar-refractivity contribution is 5.56. The molecule has 1 atom stereocenters. The summed E-state index contributed by atoms with van der Waals surface area (Å²) in [4.78, 5) is 0. The number of alkyl halides is 3. The first kappa shape index (κ1) is 19.8. The molecule has 25 heavy (non-hydrogen) atoms. The van der Waals surface area contributed by atoms with E-state index in [4.69, 9.17) is 5.11 Å². The van der Waals surface area contributed by atoms with E-state index in [1.54, 1.807) is 12.1 Å². The summed E-state index contributed by atoms with van der Waals surface area (Å²) in [6.07, 6.45) is 2.68. The zero-order valence-corrected chi connectivity index (χ0v) is 15.2. The first-order chi connectivity index (χ1) is 11.6. The molecule has 1 aromatic carbocycles. The van der Waals surface area contributed by atoms with Gasteiger partial charge in [-0.15, -0.1) is 0 Å². The summed E-state index contributed by atoms with van der Waals surface area (Å²) in [5.74, 6) is -1.63. The maximum Gasteiger partial charge on any atom is 0.395 e. The van der Waals surface area contributed by atoms with Crippen molar-refractivity contribution < 1.29 is 18.3 Å². The van der Waals surface area contributed by atoms with E-state index in [0.717, 1.165) is 18.4 Å². The Morgan fingerprint density at radius 2 is 1.96 bits per heavy atom. The van der Waals surface area contributed by atoms with Crippen LogP contribution in [-0.4, -0.2) is 17.9 Å². The van der Waals surface area contributed by atoms with E-state index < -0.39 is 18.7 Å². The second kappa shape index (κ2) is 7.77. The SMILES string of the molecule is CC1=C(/C=C/c2cccc(C(CCO)C(F)(F)F)c2)C(C)(C)CCC1. The zero-order chi connectivity index (χ0) is 18.7. The van der Waals surface area contributed by atoms with E-state index in [-0.39, 0.29) is 17.4 Å². The van der Waals surface area contributed by atoms with Crippen molar-refractivity contribution >= 4 is 6.08 Å². The summed E-state index contributed by atoms with van der Waals surface area (Å²) in [5, 5.41) is 8.97. The molecule has 0 bridgehead atoms. The minimum atomic E-state index is -4.35. The van der Waals surface area contributed by atoms with Crippen molar-refractivity contribution in [1.29, 1.82) is 0 Å². The number of rotatable bonds is 5. The molecule has 1 unspecified atom stereocenters. The molecule has 4 heteroatoms. The molecule has 0 aliphatic heterocycles. The molecule has 1 aromatic rings. The summed E-state index contributed by atoms with van der Waals surface area (Å²) in [7, 11) is 0. The third kappa shape index (κ3) is 4.97. The van der Waals surface area contributed by atoms with E-state index in [1.165, 1.54) is 23.6 Å². The van der Waals surface area contributed by atoms with Gasteiger partial charge in [-0.2, -0.15) is 13.2 Å². The molecule has 0 saturated carbocycles. The van der Waals surface area contributed by atoms with E-state index in [9.17, 15) is 13.2 Å². The van der Waals surface area contributed by atoms with Crippen LogP contribution in [0.2, 0.25) is 0 Å². The van der Waals surface area contributed by atoms with E-state index in [2.05, 4.69) is 26.8 Å². The average Bonchev–Trinajstić information content (AvgIpc) is 2.50. The van der Waals surface area contributed by atoms with Crippen molar-refractivity contribution in [3.05, 3.63) is 52.6 Å². The van der Waals surface area contributed by atoms with Crippen molar-refractivity contribution in [3.63, 3.8) is 0 Å². The molecule has 1 N–H and O–H groups in total. The highest BCUT2D eigenvalue weighted by Crippen LogP contribution is 2.41. The number of allylic oxidation sites excluding steroid dienone is 3. The lowest BCUT2D eigenvalue weighted by molar-refractivity contribution is -0.153. The maximum absolute atomic E-state index is 13.2. The summed E-state index contributed by atoms with van der Waals surface area (Å²) < 4.78 is 39.7. The second-order valence-electron chi connectivity index (χ2n) is 7.54. The molecule has 0 heterocycles. The lowest BCUT2D eigenvalue weighted by atomic mass is 9.72. The lowest BCUT2D eigenvalue weighted by Gasteiger charge is -2.32. The van der Waals surface area contributed by atoms with Gasteiger partial charge < -0.3 is 5.11 Å². The Bertz CT molecular complexity index is 653. The summed E-state index contributed by atoms with van der Waals surface area (Å²) in [6, 6.07) is 6.53. The van der Waals surface area contributed by atoms with Crippen LogP contribution in [0.1, 0.15) is 63.5 Å². The fourth-order valence-electron chi connectivity index (χ4n) is 3.72. The fraction of sp³-hybridized carbons (Fsp3) is 0.524. The predicted molar refractivity (Wildman–Crippen MR) is 96.3 cm³/mol. The molecule has 1 nitrogen and oxygen atoms in total. The fourth-order valence-corrected chi connectivity index (χ4v) is 3.72. The standard InChI is InChI=1S/C21H27F3O/c1-15-6-5-12-20(2,3)18(15)10-9-16-7-4-8-17(14-16)19(11-13-25)21(22,23)24/h4,7-10,14,19,25H,5-6,11-13H2,1-3H3/b10-9+. The Morgan fingerprint density at radius 1 is 1.24 bits per heavy atom. The molecule has 138 valence electrons. The third-order valence-corrected chi connectivity index (χ3v) is 5.11. The Labute approximate surface area is 148 Å². The Kier molecular flexibility index (Phi) is 6.15. The predicted octanol–water partition coefficient (Wildman–Crippen LogP) is 6.25. The van der Waals surface area contributed by atoms with Gasteiger partial charge in [-0.3, -0.25) is 0 Å². The van der Waals surface area contributed by atoms with Crippen LogP contribution in [0, 0.1) is 5.41 Å². The first-order valence-electron chi connectivity index (χ1n) is 8.81. The van der Waals surface area contributed by atoms with Crippen molar-refractivity contribution in [1.82, 2.24) is 0 Å². The highest BCUT2D eigenvalue weighted by atomic mass is 19.4. The number of hydrogen-bond acceptors (Lipinski definition) is 1. The first-order valence-corrected chi connectivity index (χ1v) is 8.81. The van der Waals surface area contributed by atoms with Gasteiger partial charge in [0.2, 0.25) is 0 Å². The van der Waals surface area contributed by atoms with Gasteiger partial charge in [-0.1, -0.05) is 55.8 Å². The summed E-state index contributed by atoms with van der Waals surface area (Å²) in [6.45, 7) is 6.09. The van der Waals surface area contributed by atoms with E-state index >= 15 is 0 Å². The van der Waals surface area contributed by atoms with Crippen molar-refractivity contribution in [2.45, 2.75) is 58.5 Å². The van der Waals surface area contributed by atoms with Crippen LogP contribution >= 0.6 is 0 Å². The molecule has 2 rings (SSSR count). The van der Waals surface area contributed by atoms with Crippen LogP contribution in [0.3, 0.4) is 0 Å². The van der Waals surface area contributed by atoms with Gasteiger partial charge in [0.1, 0.15) is 0 Å². The molecule has 0 spiro atoms. The zero-order valence-electron chi connectivity index (χ0n) is 15.2. The molecular formula is C21H27F3O. The second-order valence-corrected chi connectivity index (χ2v) is 7.54. The van der Waals surface area contributed by atoms with Crippen molar-refractivity contribution in [2.24, 2.45) is 5.41 Å². The minimum Gasteiger partial charge on any atom is -0.396 e. The van der Waals surface area contributed by atoms with Crippen LogP contribution in [0.15, 0.2) is 41.5 Å². The summed E-state index contributed by atoms with van der Waals surface area (Å²) in [5.41, 5.74) is 3.70. The maximum atomic E-state index is 13.2. The molecule has 0 radical (unpaired) electrons. The Morgan fingerprint density at radius 3 is 2.56 bits per heavy atom. The number of aliphatic hydroxyl groups excluding tert-OH is 1. The molecule has 0 amide bonds. The Balaban J connectivity index is 2.30. The van der Waals surface area contributed by atoms with Crippen LogP contribution in [0.5, 0.6) is 0 Å². The van der Waals surface area contributed by atoms with Crippen LogP contribution in [-0.2, 0) is 0 Å². The third-order valence-electron chi connectivity index (χ3n) is 5.11. The van der Waals surface area contributed by atoms with Crippen LogP contribution < -0.4 is 0 Å². The van der Waals surface area contributed by atoms with Crippen LogP contribution in [0.4, 0.5) is 13.2 Å². The summed E-state index contributed by atoms with van der Waals surface area (Å²) >= 11 is 0. The quantitative estimate of drug-likeness (QED) is 0.663. The van der Waals surface area contributed by atoms with Crippen LogP contribution in [0.25, 0.3) is 6.08 Å². The van der Waals surface area contributed by atoms with Gasteiger partial charge in [0.25, 0.3) is 0 Å². The molecule has 0 aromatic heterocycles. The molecule has 1 aliphatic rings. The minimum absolute atomic E-state index is 0.0990. The smallest absolute Gasteiger partial charge is 0.395 e. The van der Waals surface area contributed by atoms with E-state index in [1.807, 2.05) is 12.1 Å². The molecule has 0 saturated heterocycles. The van der Waals surface area contributed by atoms with Crippen molar-refractivity contribution in [3.8, 4) is 0 Å². The molecular weight excluding hydrogens is 325 g/mol. The molecule has 0 fully saturated rings. The van der Waals surface area contributed by atoms with Gasteiger partial charge in [0.15, 0.2) is 0 Å². The number of hydrogen-bond donors (Lipinski definition) is 1. The number of halogens is 3. The lowest BCUT2D eigenvalue weighted by Crippen LogP contribution is -2.22. The van der Waals surface area contributed by atoms with Gasteiger partial charge >= 0.3 is 6.18 Å². The normalized spacial score (nSPS) is 19.5. The van der Waals surface area contributed by atoms with Gasteiger partial charge in [-0.05, 0) is 54.7 Å². The number of aliphatic hydroxyl groups is 1. The van der Waals surface area contributed by atoms with Gasteiger partial charge in [0, 0.05) is 6.61 Å². The average molecular weight is 352 g/mol. The van der Waals surface area contributed by atoms with Gasteiger partial charge in [-0.25, -0.2) is 0 Å². The largest absolute Gasteiger partial charge is 0.396 e. The van der Waals surface area contributed by atoms with Gasteiger partial charge in [0.05, 0.1) is 5.92 Å². The monoisotopic (exact) mass is 352 g/mol.